The fourth-order valence-corrected chi connectivity index (χ4v) is 3.10. The molecule has 1 aromatic rings. The number of nitrogen functional groups attached to an aromatic ring is 1. The van der Waals surface area contributed by atoms with E-state index in [1.165, 1.54) is 20.2 Å². The van der Waals surface area contributed by atoms with E-state index >= 15 is 0 Å². The maximum atomic E-state index is 12.2. The summed E-state index contributed by atoms with van der Waals surface area (Å²) in [7, 11) is -0.693. The van der Waals surface area contributed by atoms with Crippen LogP contribution in [0.5, 0.6) is 0 Å². The molecule has 7 nitrogen and oxygen atoms in total. The summed E-state index contributed by atoms with van der Waals surface area (Å²) in [4.78, 5) is 13.3. The number of hydrogen-bond donors (Lipinski definition) is 2. The Balaban J connectivity index is 2.45. The third-order valence-corrected chi connectivity index (χ3v) is 5.05. The number of nitrogens with one attached hydrogen (secondary N) is 1. The normalized spacial score (nSPS) is 16.4. The van der Waals surface area contributed by atoms with Gasteiger partial charge in [0.15, 0.2) is 0 Å². The van der Waals surface area contributed by atoms with Crippen LogP contribution in [0.4, 0.5) is 11.4 Å². The highest BCUT2D eigenvalue weighted by atomic mass is 32.2. The van der Waals surface area contributed by atoms with Crippen LogP contribution in [-0.4, -0.2) is 52.4 Å². The smallest absolute Gasteiger partial charge is 0.244 e. The molecule has 0 aromatic heterocycles. The fraction of sp³-hybridized carbons (Fsp3) is 0.417. The molecule has 0 bridgehead atoms. The molecule has 20 heavy (non-hydrogen) atoms. The average Bonchev–Trinajstić information content (AvgIpc) is 2.38. The van der Waals surface area contributed by atoms with Crippen molar-refractivity contribution in [1.82, 2.24) is 9.62 Å². The minimum absolute atomic E-state index is 0.0611. The van der Waals surface area contributed by atoms with Crippen molar-refractivity contribution < 1.29 is 13.2 Å². The van der Waals surface area contributed by atoms with Crippen LogP contribution < -0.4 is 16.0 Å². The van der Waals surface area contributed by atoms with E-state index in [1.54, 1.807) is 17.0 Å². The Labute approximate surface area is 118 Å². The zero-order chi connectivity index (χ0) is 14.9. The van der Waals surface area contributed by atoms with Gasteiger partial charge < -0.3 is 16.0 Å². The summed E-state index contributed by atoms with van der Waals surface area (Å²) >= 11 is 0. The molecule has 0 aliphatic carbocycles. The molecule has 0 saturated carbocycles. The SMILES string of the molecule is CN(C)S(=O)(=O)c1cccc(N2CCNC(=O)C2)c1N. The van der Waals surface area contributed by atoms with Gasteiger partial charge in [0.25, 0.3) is 0 Å². The largest absolute Gasteiger partial charge is 0.396 e. The van der Waals surface area contributed by atoms with Gasteiger partial charge in [0.05, 0.1) is 17.9 Å². The average molecular weight is 298 g/mol. The summed E-state index contributed by atoms with van der Waals surface area (Å²) in [5.41, 5.74) is 6.75. The molecule has 1 aromatic carbocycles. The standard InChI is InChI=1S/C12H18N4O3S/c1-15(2)20(18,19)10-5-3-4-9(12(10)13)16-7-6-14-11(17)8-16/h3-5H,6-8,13H2,1-2H3,(H,14,17). The van der Waals surface area contributed by atoms with Crippen LogP contribution in [0.1, 0.15) is 0 Å². The van der Waals surface area contributed by atoms with E-state index in [0.717, 1.165) is 4.31 Å². The number of hydrogen-bond acceptors (Lipinski definition) is 5. The number of sulfonamides is 1. The lowest BCUT2D eigenvalue weighted by Crippen LogP contribution is -2.48. The molecular weight excluding hydrogens is 280 g/mol. The number of anilines is 2. The molecule has 1 aliphatic rings. The molecular formula is C12H18N4O3S. The minimum Gasteiger partial charge on any atom is -0.396 e. The first kappa shape index (κ1) is 14.6. The Kier molecular flexibility index (Phi) is 3.87. The van der Waals surface area contributed by atoms with Crippen molar-refractivity contribution in [2.24, 2.45) is 0 Å². The molecule has 1 heterocycles. The molecule has 2 rings (SSSR count). The Bertz CT molecular complexity index is 628. The van der Waals surface area contributed by atoms with Gasteiger partial charge in [0.1, 0.15) is 4.90 Å². The number of nitrogens with zero attached hydrogens (tertiary/aromatic N) is 2. The van der Waals surface area contributed by atoms with E-state index in [0.29, 0.717) is 18.8 Å². The molecule has 1 saturated heterocycles. The quantitative estimate of drug-likeness (QED) is 0.730. The molecule has 1 fully saturated rings. The lowest BCUT2D eigenvalue weighted by atomic mass is 10.2. The molecule has 1 aliphatic heterocycles. The van der Waals surface area contributed by atoms with Crippen molar-refractivity contribution in [3.05, 3.63) is 18.2 Å². The summed E-state index contributed by atoms with van der Waals surface area (Å²) in [6.07, 6.45) is 0. The number of rotatable bonds is 3. The molecule has 110 valence electrons. The first-order chi connectivity index (χ1) is 9.34. The van der Waals surface area contributed by atoms with Crippen molar-refractivity contribution in [2.45, 2.75) is 4.90 Å². The number of nitrogens with two attached hydrogens (primary N) is 1. The zero-order valence-corrected chi connectivity index (χ0v) is 12.3. The summed E-state index contributed by atoms with van der Waals surface area (Å²) in [5.74, 6) is -0.100. The van der Waals surface area contributed by atoms with Crippen LogP contribution in [0.2, 0.25) is 0 Å². The van der Waals surface area contributed by atoms with Crippen LogP contribution in [-0.2, 0) is 14.8 Å². The molecule has 0 unspecified atom stereocenters. The molecule has 0 radical (unpaired) electrons. The van der Waals surface area contributed by atoms with E-state index < -0.39 is 10.0 Å². The van der Waals surface area contributed by atoms with Crippen molar-refractivity contribution in [1.29, 1.82) is 0 Å². The Hall–Kier alpha value is -1.80. The number of benzene rings is 1. The van der Waals surface area contributed by atoms with Gasteiger partial charge in [-0.3, -0.25) is 4.79 Å². The van der Waals surface area contributed by atoms with Gasteiger partial charge in [-0.15, -0.1) is 0 Å². The Morgan fingerprint density at radius 3 is 2.65 bits per heavy atom. The maximum absolute atomic E-state index is 12.2. The number of amides is 1. The summed E-state index contributed by atoms with van der Waals surface area (Å²) in [6.45, 7) is 1.29. The zero-order valence-electron chi connectivity index (χ0n) is 11.5. The lowest BCUT2D eigenvalue weighted by Gasteiger charge is -2.30. The highest BCUT2D eigenvalue weighted by molar-refractivity contribution is 7.89. The van der Waals surface area contributed by atoms with Gasteiger partial charge in [0, 0.05) is 27.2 Å². The molecule has 0 atom stereocenters. The van der Waals surface area contributed by atoms with E-state index in [-0.39, 0.29) is 23.0 Å². The van der Waals surface area contributed by atoms with Crippen LogP contribution >= 0.6 is 0 Å². The lowest BCUT2D eigenvalue weighted by molar-refractivity contribution is -0.120. The second kappa shape index (κ2) is 5.29. The van der Waals surface area contributed by atoms with Crippen LogP contribution in [0.25, 0.3) is 0 Å². The Morgan fingerprint density at radius 2 is 2.05 bits per heavy atom. The minimum atomic E-state index is -3.60. The van der Waals surface area contributed by atoms with Gasteiger partial charge in [-0.05, 0) is 12.1 Å². The van der Waals surface area contributed by atoms with Crippen LogP contribution in [0, 0.1) is 0 Å². The van der Waals surface area contributed by atoms with Crippen LogP contribution in [0.3, 0.4) is 0 Å². The van der Waals surface area contributed by atoms with Gasteiger partial charge >= 0.3 is 0 Å². The third-order valence-electron chi connectivity index (χ3n) is 3.18. The predicted molar refractivity (Wildman–Crippen MR) is 76.9 cm³/mol. The number of piperazine rings is 1. The first-order valence-corrected chi connectivity index (χ1v) is 7.60. The summed E-state index contributed by atoms with van der Waals surface area (Å²) in [5, 5.41) is 2.72. The monoisotopic (exact) mass is 298 g/mol. The highest BCUT2D eigenvalue weighted by Crippen LogP contribution is 2.31. The van der Waals surface area contributed by atoms with E-state index in [2.05, 4.69) is 5.32 Å². The maximum Gasteiger partial charge on any atom is 0.244 e. The van der Waals surface area contributed by atoms with E-state index in [1.807, 2.05) is 0 Å². The molecule has 3 N–H and O–H groups in total. The fourth-order valence-electron chi connectivity index (χ4n) is 2.07. The third kappa shape index (κ3) is 2.56. The first-order valence-electron chi connectivity index (χ1n) is 6.16. The number of carbonyl (C=O) groups is 1. The second-order valence-corrected chi connectivity index (χ2v) is 6.87. The van der Waals surface area contributed by atoms with Gasteiger partial charge in [-0.25, -0.2) is 12.7 Å². The van der Waals surface area contributed by atoms with Gasteiger partial charge in [-0.1, -0.05) is 6.07 Å². The van der Waals surface area contributed by atoms with Crippen molar-refractivity contribution >= 4 is 27.3 Å². The predicted octanol–water partition coefficient (Wildman–Crippen LogP) is -0.545. The second-order valence-electron chi connectivity index (χ2n) is 4.75. The topological polar surface area (TPSA) is 95.7 Å². The Morgan fingerprint density at radius 1 is 1.35 bits per heavy atom. The van der Waals surface area contributed by atoms with Crippen molar-refractivity contribution in [3.8, 4) is 0 Å². The van der Waals surface area contributed by atoms with Crippen molar-refractivity contribution in [3.63, 3.8) is 0 Å². The molecule has 1 amide bonds. The van der Waals surface area contributed by atoms with Crippen LogP contribution in [0.15, 0.2) is 23.1 Å². The molecule has 0 spiro atoms. The number of para-hydroxylation sites is 1. The summed E-state index contributed by atoms with van der Waals surface area (Å²) < 4.78 is 25.5. The summed E-state index contributed by atoms with van der Waals surface area (Å²) in [6, 6.07) is 4.83. The van der Waals surface area contributed by atoms with E-state index in [9.17, 15) is 13.2 Å². The molecule has 8 heteroatoms. The van der Waals surface area contributed by atoms with E-state index in [4.69, 9.17) is 5.73 Å². The van der Waals surface area contributed by atoms with Gasteiger partial charge in [-0.2, -0.15) is 0 Å². The highest BCUT2D eigenvalue weighted by Gasteiger charge is 2.25. The number of carbonyl (C=O) groups excluding carboxylic acids is 1. The van der Waals surface area contributed by atoms with Crippen molar-refractivity contribution in [2.75, 3.05) is 44.4 Å². The van der Waals surface area contributed by atoms with Gasteiger partial charge in [0.2, 0.25) is 15.9 Å².